The van der Waals surface area contributed by atoms with E-state index in [2.05, 4.69) is 15.6 Å². The Bertz CT molecular complexity index is 1290. The van der Waals surface area contributed by atoms with Crippen LogP contribution in [-0.4, -0.2) is 34.2 Å². The van der Waals surface area contributed by atoms with Crippen molar-refractivity contribution in [3.8, 4) is 11.4 Å². The molecule has 0 unspecified atom stereocenters. The molecule has 2 aromatic heterocycles. The second kappa shape index (κ2) is 11.0. The number of hydrogen-bond acceptors (Lipinski definition) is 6. The number of rotatable bonds is 9. The molecule has 0 saturated heterocycles. The van der Waals surface area contributed by atoms with Crippen LogP contribution in [0.3, 0.4) is 0 Å². The summed E-state index contributed by atoms with van der Waals surface area (Å²) in [5.74, 6) is 0.933. The summed E-state index contributed by atoms with van der Waals surface area (Å²) in [6.45, 7) is 0.302. The molecular weight excluding hydrogens is 476 g/mol. The molecule has 4 aromatic rings. The number of imidazole rings is 1. The molecule has 34 heavy (non-hydrogen) atoms. The zero-order valence-electron chi connectivity index (χ0n) is 18.2. The quantitative estimate of drug-likeness (QED) is 0.323. The number of aromatic nitrogens is 2. The fourth-order valence-corrected chi connectivity index (χ4v) is 4.17. The zero-order chi connectivity index (χ0) is 23.9. The number of halogens is 1. The fraction of sp³-hybridized carbons (Fsp3) is 0.125. The largest absolute Gasteiger partial charge is 0.495 e. The smallest absolute Gasteiger partial charge is 0.251 e. The minimum absolute atomic E-state index is 0.143. The Kier molecular flexibility index (Phi) is 7.56. The maximum Gasteiger partial charge on any atom is 0.251 e. The molecule has 0 bridgehead atoms. The topological polar surface area (TPSA) is 98.4 Å². The molecule has 0 atom stereocenters. The molecular formula is C24H21ClN4O4S. The van der Waals surface area contributed by atoms with Crippen molar-refractivity contribution in [3.63, 3.8) is 0 Å². The van der Waals surface area contributed by atoms with Gasteiger partial charge in [-0.25, -0.2) is 4.98 Å². The van der Waals surface area contributed by atoms with Gasteiger partial charge in [0, 0.05) is 29.3 Å². The summed E-state index contributed by atoms with van der Waals surface area (Å²) in [5, 5.41) is 6.67. The Balaban J connectivity index is 1.38. The number of carbonyl (C=O) groups is 2. The van der Waals surface area contributed by atoms with Crippen molar-refractivity contribution in [2.24, 2.45) is 0 Å². The van der Waals surface area contributed by atoms with Crippen LogP contribution in [0.2, 0.25) is 5.02 Å². The van der Waals surface area contributed by atoms with Crippen molar-refractivity contribution >= 4 is 40.9 Å². The number of nitrogens with zero attached hydrogens (tertiary/aromatic N) is 2. The van der Waals surface area contributed by atoms with Gasteiger partial charge in [0.1, 0.15) is 11.5 Å². The molecule has 2 heterocycles. The lowest BCUT2D eigenvalue weighted by atomic mass is 10.2. The van der Waals surface area contributed by atoms with Gasteiger partial charge in [-0.05, 0) is 48.5 Å². The maximum atomic E-state index is 12.5. The molecule has 0 aliphatic heterocycles. The van der Waals surface area contributed by atoms with E-state index >= 15 is 0 Å². The number of furan rings is 1. The molecule has 0 aliphatic carbocycles. The summed E-state index contributed by atoms with van der Waals surface area (Å²) >= 11 is 7.39. The van der Waals surface area contributed by atoms with E-state index < -0.39 is 0 Å². The number of benzene rings is 2. The lowest BCUT2D eigenvalue weighted by Gasteiger charge is -2.10. The average molecular weight is 497 g/mol. The minimum Gasteiger partial charge on any atom is -0.495 e. The zero-order valence-corrected chi connectivity index (χ0v) is 19.7. The van der Waals surface area contributed by atoms with E-state index in [1.54, 1.807) is 67.2 Å². The summed E-state index contributed by atoms with van der Waals surface area (Å²) in [4.78, 5) is 29.3. The Morgan fingerprint density at radius 2 is 2.06 bits per heavy atom. The highest BCUT2D eigenvalue weighted by molar-refractivity contribution is 7.99. The third-order valence-electron chi connectivity index (χ3n) is 4.76. The van der Waals surface area contributed by atoms with E-state index in [1.165, 1.54) is 18.9 Å². The van der Waals surface area contributed by atoms with Gasteiger partial charge in [-0.2, -0.15) is 0 Å². The Hall–Kier alpha value is -3.69. The first-order chi connectivity index (χ1) is 16.5. The Labute approximate surface area is 205 Å². The Morgan fingerprint density at radius 3 is 2.82 bits per heavy atom. The van der Waals surface area contributed by atoms with E-state index in [1.807, 2.05) is 10.6 Å². The van der Waals surface area contributed by atoms with Crippen molar-refractivity contribution in [3.05, 3.63) is 89.6 Å². The molecule has 2 amide bonds. The highest BCUT2D eigenvalue weighted by Crippen LogP contribution is 2.27. The number of hydrogen-bond donors (Lipinski definition) is 2. The van der Waals surface area contributed by atoms with Gasteiger partial charge in [0.05, 0.1) is 30.7 Å². The molecule has 0 spiro atoms. The van der Waals surface area contributed by atoms with E-state index in [0.717, 1.165) is 5.69 Å². The molecule has 0 fully saturated rings. The highest BCUT2D eigenvalue weighted by Gasteiger charge is 2.13. The van der Waals surface area contributed by atoms with Crippen molar-refractivity contribution in [1.29, 1.82) is 0 Å². The van der Waals surface area contributed by atoms with Crippen molar-refractivity contribution < 1.29 is 18.7 Å². The van der Waals surface area contributed by atoms with Crippen LogP contribution in [0.25, 0.3) is 5.69 Å². The van der Waals surface area contributed by atoms with E-state index in [9.17, 15) is 9.59 Å². The molecule has 10 heteroatoms. The van der Waals surface area contributed by atoms with Crippen LogP contribution in [0.5, 0.6) is 5.75 Å². The SMILES string of the molecule is COc1ccc(NC(=O)CSc2nccn2-c2cccc(C(=O)NCc3ccco3)c2)cc1Cl. The first kappa shape index (κ1) is 23.5. The van der Waals surface area contributed by atoms with Crippen molar-refractivity contribution in [2.45, 2.75) is 11.7 Å². The first-order valence-corrected chi connectivity index (χ1v) is 11.6. The number of thioether (sulfide) groups is 1. The molecule has 0 radical (unpaired) electrons. The van der Waals surface area contributed by atoms with Gasteiger partial charge in [-0.3, -0.25) is 14.2 Å². The van der Waals surface area contributed by atoms with Gasteiger partial charge in [-0.15, -0.1) is 0 Å². The predicted molar refractivity (Wildman–Crippen MR) is 131 cm³/mol. The van der Waals surface area contributed by atoms with Gasteiger partial charge >= 0.3 is 0 Å². The van der Waals surface area contributed by atoms with Crippen LogP contribution < -0.4 is 15.4 Å². The highest BCUT2D eigenvalue weighted by atomic mass is 35.5. The van der Waals surface area contributed by atoms with Crippen molar-refractivity contribution in [1.82, 2.24) is 14.9 Å². The molecule has 4 rings (SSSR count). The molecule has 0 saturated carbocycles. The van der Waals surface area contributed by atoms with Crippen LogP contribution in [0.4, 0.5) is 5.69 Å². The second-order valence-corrected chi connectivity index (χ2v) is 8.43. The van der Waals surface area contributed by atoms with Crippen LogP contribution in [0.15, 0.2) is 82.8 Å². The average Bonchev–Trinajstić information content (AvgIpc) is 3.53. The summed E-state index contributed by atoms with van der Waals surface area (Å²) in [6.07, 6.45) is 4.99. The summed E-state index contributed by atoms with van der Waals surface area (Å²) in [5.41, 5.74) is 1.84. The van der Waals surface area contributed by atoms with Crippen LogP contribution in [0.1, 0.15) is 16.1 Å². The second-order valence-electron chi connectivity index (χ2n) is 7.08. The maximum absolute atomic E-state index is 12.5. The standard InChI is InChI=1S/C24H21ClN4O4S/c1-32-21-8-7-17(13-20(21)25)28-22(30)15-34-24-26-9-10-29(24)18-5-2-4-16(12-18)23(31)27-14-19-6-3-11-33-19/h2-13H,14-15H2,1H3,(H,27,31)(H,28,30). The molecule has 174 valence electrons. The number of methoxy groups -OCH3 is 1. The number of carbonyl (C=O) groups excluding carboxylic acids is 2. The van der Waals surface area contributed by atoms with Gasteiger partial charge in [0.2, 0.25) is 5.91 Å². The van der Waals surface area contributed by atoms with Gasteiger partial charge in [0.25, 0.3) is 5.91 Å². The lowest BCUT2D eigenvalue weighted by molar-refractivity contribution is -0.113. The normalized spacial score (nSPS) is 10.6. The monoisotopic (exact) mass is 496 g/mol. The van der Waals surface area contributed by atoms with Crippen LogP contribution in [-0.2, 0) is 11.3 Å². The van der Waals surface area contributed by atoms with Crippen molar-refractivity contribution in [2.75, 3.05) is 18.2 Å². The van der Waals surface area contributed by atoms with Crippen LogP contribution in [0, 0.1) is 0 Å². The summed E-state index contributed by atoms with van der Waals surface area (Å²) in [7, 11) is 1.53. The van der Waals surface area contributed by atoms with Gasteiger partial charge in [-0.1, -0.05) is 29.4 Å². The van der Waals surface area contributed by atoms with Crippen LogP contribution >= 0.6 is 23.4 Å². The molecule has 0 aliphatic rings. The number of ether oxygens (including phenoxy) is 1. The third-order valence-corrected chi connectivity index (χ3v) is 6.03. The molecule has 2 aromatic carbocycles. The number of nitrogens with one attached hydrogen (secondary N) is 2. The van der Waals surface area contributed by atoms with Gasteiger partial charge < -0.3 is 19.8 Å². The number of amides is 2. The minimum atomic E-state index is -0.218. The third kappa shape index (κ3) is 5.81. The number of anilines is 1. The van der Waals surface area contributed by atoms with E-state index in [-0.39, 0.29) is 17.6 Å². The molecule has 2 N–H and O–H groups in total. The van der Waals surface area contributed by atoms with Gasteiger partial charge in [0.15, 0.2) is 5.16 Å². The lowest BCUT2D eigenvalue weighted by Crippen LogP contribution is -2.22. The summed E-state index contributed by atoms with van der Waals surface area (Å²) in [6, 6.07) is 15.8. The fourth-order valence-electron chi connectivity index (χ4n) is 3.14. The van der Waals surface area contributed by atoms with E-state index in [0.29, 0.717) is 39.5 Å². The summed E-state index contributed by atoms with van der Waals surface area (Å²) < 4.78 is 12.2. The first-order valence-electron chi connectivity index (χ1n) is 10.2. The predicted octanol–water partition coefficient (Wildman–Crippen LogP) is 4.79. The Morgan fingerprint density at radius 1 is 1.18 bits per heavy atom. The van der Waals surface area contributed by atoms with E-state index in [4.69, 9.17) is 20.8 Å². The molecule has 8 nitrogen and oxygen atoms in total.